The summed E-state index contributed by atoms with van der Waals surface area (Å²) in [6.45, 7) is 0. The molecule has 0 saturated heterocycles. The van der Waals surface area contributed by atoms with Crippen molar-refractivity contribution in [1.82, 2.24) is 0 Å². The molecule has 55 heavy (non-hydrogen) atoms. The third-order valence-corrected chi connectivity index (χ3v) is 10.2. The molecule has 15 N–H and O–H groups in total. The molecule has 2 aromatic heterocycles. The number of benzene rings is 6. The van der Waals surface area contributed by atoms with Crippen molar-refractivity contribution in [1.29, 1.82) is 0 Å². The molecule has 17 heteroatoms. The maximum atomic E-state index is 11.9. The van der Waals surface area contributed by atoms with Crippen molar-refractivity contribution in [3.8, 4) is 108 Å². The molecule has 278 valence electrons. The second-order valence-electron chi connectivity index (χ2n) is 12.9. The topological polar surface area (TPSA) is 330 Å². The summed E-state index contributed by atoms with van der Waals surface area (Å²) in [5.41, 5.74) is -3.02. The minimum absolute atomic E-state index is 0.0773. The van der Waals surface area contributed by atoms with Gasteiger partial charge in [0, 0.05) is 43.6 Å². The van der Waals surface area contributed by atoms with Crippen molar-refractivity contribution >= 4 is 60.5 Å². The Kier molecular flexibility index (Phi) is 6.26. The first kappa shape index (κ1) is 32.8. The van der Waals surface area contributed by atoms with Gasteiger partial charge in [0.25, 0.3) is 0 Å². The van der Waals surface area contributed by atoms with Crippen LogP contribution in [0.4, 0.5) is 0 Å². The number of fused-ring (bicyclic) bond motifs is 8. The van der Waals surface area contributed by atoms with Crippen LogP contribution in [-0.4, -0.2) is 76.6 Å². The zero-order valence-corrected chi connectivity index (χ0v) is 27.3. The second kappa shape index (κ2) is 10.5. The fourth-order valence-corrected chi connectivity index (χ4v) is 7.74. The van der Waals surface area contributed by atoms with E-state index in [-0.39, 0.29) is 16.7 Å². The first-order chi connectivity index (χ1) is 26.1. The third-order valence-electron chi connectivity index (χ3n) is 10.2. The van der Waals surface area contributed by atoms with Crippen LogP contribution in [0.2, 0.25) is 0 Å². The van der Waals surface area contributed by atoms with Crippen LogP contribution in [0, 0.1) is 0 Å². The van der Waals surface area contributed by atoms with Crippen molar-refractivity contribution in [3.05, 3.63) is 35.6 Å². The smallest absolute Gasteiger partial charge is 0.208 e. The summed E-state index contributed by atoms with van der Waals surface area (Å²) in [4.78, 5) is 0. The molecule has 0 saturated carbocycles. The van der Waals surface area contributed by atoms with Gasteiger partial charge in [-0.05, 0) is 30.5 Å². The summed E-state index contributed by atoms with van der Waals surface area (Å²) >= 11 is 0. The zero-order chi connectivity index (χ0) is 39.3. The molecule has 2 heterocycles. The fraction of sp³-hybridized carbons (Fsp3) is 0.0526. The third kappa shape index (κ3) is 3.79. The molecule has 0 amide bonds. The van der Waals surface area contributed by atoms with E-state index in [4.69, 9.17) is 8.83 Å². The van der Waals surface area contributed by atoms with Gasteiger partial charge in [0.1, 0.15) is 11.3 Å². The first-order valence-electron chi connectivity index (χ1n) is 16.0. The van der Waals surface area contributed by atoms with Gasteiger partial charge in [-0.3, -0.25) is 0 Å². The summed E-state index contributed by atoms with van der Waals surface area (Å²) in [7, 11) is 0. The van der Waals surface area contributed by atoms with E-state index in [0.29, 0.717) is 29.6 Å². The number of allylic oxidation sites excluding steroid dienone is 1. The van der Waals surface area contributed by atoms with E-state index >= 15 is 0 Å². The van der Waals surface area contributed by atoms with Crippen LogP contribution in [0.1, 0.15) is 17.7 Å². The lowest BCUT2D eigenvalue weighted by Crippen LogP contribution is -1.97. The Morgan fingerprint density at radius 1 is 0.382 bits per heavy atom. The lowest BCUT2D eigenvalue weighted by Gasteiger charge is -2.23. The number of rotatable bonds is 2. The highest BCUT2D eigenvalue weighted by atomic mass is 16.4. The van der Waals surface area contributed by atoms with E-state index < -0.39 is 141 Å². The van der Waals surface area contributed by atoms with E-state index in [1.54, 1.807) is 12.1 Å². The highest BCUT2D eigenvalue weighted by molar-refractivity contribution is 6.32. The minimum atomic E-state index is -1.37. The normalized spacial score (nSPS) is 12.9. The molecule has 0 aliphatic heterocycles. The lowest BCUT2D eigenvalue weighted by molar-refractivity contribution is 0.348. The number of hydrogen-bond acceptors (Lipinski definition) is 17. The number of phenols is 15. The van der Waals surface area contributed by atoms with Gasteiger partial charge in [-0.2, -0.15) is 0 Å². The van der Waals surface area contributed by atoms with Crippen molar-refractivity contribution in [2.24, 2.45) is 0 Å². The van der Waals surface area contributed by atoms with E-state index in [1.165, 1.54) is 12.1 Å². The number of aryl methyl sites for hydroxylation is 1. The average Bonchev–Trinajstić information content (AvgIpc) is 3.77. The van der Waals surface area contributed by atoms with Crippen LogP contribution in [0.15, 0.2) is 33.1 Å². The molecule has 0 unspecified atom stereocenters. The van der Waals surface area contributed by atoms with Crippen molar-refractivity contribution < 1.29 is 85.4 Å². The maximum Gasteiger partial charge on any atom is 0.208 e. The SMILES string of the molecule is Oc1c(O)c(O)c2c(oc3c(O)c(-c4c5c(O)c(O)c(O)c(O)c5c(-c5cccc6oc7c(c56)CCC=C7)c5c(O)c(O)c(O)c(O)c45)c(O)c(O)c32)c1O. The molecule has 17 nitrogen and oxygen atoms in total. The van der Waals surface area contributed by atoms with Gasteiger partial charge >= 0.3 is 0 Å². The number of furan rings is 2. The molecule has 8 aromatic rings. The molecule has 6 aromatic carbocycles. The first-order valence-corrected chi connectivity index (χ1v) is 16.0. The average molecular weight is 753 g/mol. The van der Waals surface area contributed by atoms with Crippen LogP contribution in [0.5, 0.6) is 86.2 Å². The van der Waals surface area contributed by atoms with Crippen LogP contribution in [0.25, 0.3) is 82.8 Å². The van der Waals surface area contributed by atoms with Gasteiger partial charge in [-0.25, -0.2) is 0 Å². The standard InChI is InChI=1S/C38H24O17/c39-22-15-13(9-5-3-7-11-12(9)8-4-1-2-6-10(8)54-11)16-18(25(42)33(50)31(48)23(16)40)14(17(15)24(41)32(49)30(22)47)19-26(43)27(44)20-21-28(45)34(51)35(52)36(53)38(21)55-37(20)29(19)46/h2-3,5-7,39-53H,1,4H2. The Morgan fingerprint density at radius 2 is 0.836 bits per heavy atom. The summed E-state index contributed by atoms with van der Waals surface area (Å²) in [5.74, 6) is -18.6. The molecule has 0 atom stereocenters. The van der Waals surface area contributed by atoms with E-state index in [1.807, 2.05) is 6.08 Å². The quantitative estimate of drug-likeness (QED) is 0.0507. The van der Waals surface area contributed by atoms with E-state index in [2.05, 4.69) is 0 Å². The van der Waals surface area contributed by atoms with Gasteiger partial charge in [0.2, 0.25) is 40.2 Å². The van der Waals surface area contributed by atoms with Gasteiger partial charge in [-0.15, -0.1) is 0 Å². The molecular weight excluding hydrogens is 728 g/mol. The molecule has 0 radical (unpaired) electrons. The van der Waals surface area contributed by atoms with E-state index in [9.17, 15) is 76.6 Å². The molecule has 9 rings (SSSR count). The summed E-state index contributed by atoms with van der Waals surface area (Å²) < 4.78 is 11.6. The van der Waals surface area contributed by atoms with Crippen LogP contribution >= 0.6 is 0 Å². The summed E-state index contributed by atoms with van der Waals surface area (Å²) in [6, 6.07) is 4.57. The molecular formula is C38H24O17. The maximum absolute atomic E-state index is 11.9. The monoisotopic (exact) mass is 752 g/mol. The van der Waals surface area contributed by atoms with Gasteiger partial charge < -0.3 is 85.4 Å². The predicted molar refractivity (Wildman–Crippen MR) is 192 cm³/mol. The predicted octanol–water partition coefficient (Wildman–Crippen LogP) is 6.52. The Bertz CT molecular complexity index is 3070. The minimum Gasteiger partial charge on any atom is -0.504 e. The highest BCUT2D eigenvalue weighted by Gasteiger charge is 2.38. The zero-order valence-electron chi connectivity index (χ0n) is 27.3. The van der Waals surface area contributed by atoms with Crippen molar-refractivity contribution in [2.75, 3.05) is 0 Å². The molecule has 0 fully saturated rings. The Labute approximate surface area is 302 Å². The van der Waals surface area contributed by atoms with E-state index in [0.717, 1.165) is 0 Å². The van der Waals surface area contributed by atoms with Crippen molar-refractivity contribution in [2.45, 2.75) is 12.8 Å². The molecule has 1 aliphatic carbocycles. The van der Waals surface area contributed by atoms with Gasteiger partial charge in [-0.1, -0.05) is 18.2 Å². The van der Waals surface area contributed by atoms with Gasteiger partial charge in [0.15, 0.2) is 57.2 Å². The highest BCUT2D eigenvalue weighted by Crippen LogP contribution is 2.66. The van der Waals surface area contributed by atoms with Crippen molar-refractivity contribution in [3.63, 3.8) is 0 Å². The molecule has 0 spiro atoms. The van der Waals surface area contributed by atoms with Crippen LogP contribution < -0.4 is 0 Å². The number of aromatic hydroxyl groups is 15. The summed E-state index contributed by atoms with van der Waals surface area (Å²) in [5, 5.41) is 163. The Balaban J connectivity index is 1.59. The van der Waals surface area contributed by atoms with Gasteiger partial charge in [0.05, 0.1) is 16.3 Å². The molecule has 1 aliphatic rings. The Hall–Kier alpha value is -8.08. The second-order valence-corrected chi connectivity index (χ2v) is 12.9. The van der Waals surface area contributed by atoms with Crippen LogP contribution in [0.3, 0.4) is 0 Å². The number of phenolic OH excluding ortho intramolecular Hbond substituents is 15. The lowest BCUT2D eigenvalue weighted by atomic mass is 9.81. The molecule has 0 bridgehead atoms. The summed E-state index contributed by atoms with van der Waals surface area (Å²) in [6.07, 6.45) is 4.58. The largest absolute Gasteiger partial charge is 0.504 e. The van der Waals surface area contributed by atoms with Crippen LogP contribution in [-0.2, 0) is 6.42 Å². The fourth-order valence-electron chi connectivity index (χ4n) is 7.74. The number of hydrogen-bond donors (Lipinski definition) is 15. The Morgan fingerprint density at radius 3 is 1.38 bits per heavy atom.